The van der Waals surface area contributed by atoms with Crippen LogP contribution in [0.15, 0.2) is 24.3 Å². The molecule has 1 saturated carbocycles. The minimum Gasteiger partial charge on any atom is -0.388 e. The van der Waals surface area contributed by atoms with Crippen molar-refractivity contribution in [1.82, 2.24) is 5.32 Å². The van der Waals surface area contributed by atoms with Gasteiger partial charge in [0.25, 0.3) is 0 Å². The van der Waals surface area contributed by atoms with Gasteiger partial charge < -0.3 is 15.2 Å². The van der Waals surface area contributed by atoms with Crippen LogP contribution in [0.1, 0.15) is 37.3 Å². The molecule has 1 aromatic rings. The zero-order chi connectivity index (χ0) is 14.0. The Morgan fingerprint density at radius 3 is 2.50 bits per heavy atom. The van der Waals surface area contributed by atoms with Crippen LogP contribution in [0.2, 0.25) is 0 Å². The first-order valence-corrected chi connectivity index (χ1v) is 7.45. The third-order valence-corrected chi connectivity index (χ3v) is 4.40. The summed E-state index contributed by atoms with van der Waals surface area (Å²) in [5.41, 5.74) is 0.454. The topological polar surface area (TPSA) is 41.5 Å². The largest absolute Gasteiger partial charge is 0.388 e. The summed E-state index contributed by atoms with van der Waals surface area (Å²) in [4.78, 5) is 0. The van der Waals surface area contributed by atoms with Crippen LogP contribution in [0.4, 0.5) is 4.39 Å². The van der Waals surface area contributed by atoms with Crippen LogP contribution >= 0.6 is 0 Å². The summed E-state index contributed by atoms with van der Waals surface area (Å²) in [6.45, 7) is 1.83. The van der Waals surface area contributed by atoms with Gasteiger partial charge in [0.15, 0.2) is 0 Å². The van der Waals surface area contributed by atoms with E-state index in [2.05, 4.69) is 5.32 Å². The normalized spacial score (nSPS) is 23.5. The number of nitrogens with one attached hydrogen (secondary N) is 1. The van der Waals surface area contributed by atoms with Crippen molar-refractivity contribution in [2.75, 3.05) is 19.8 Å². The summed E-state index contributed by atoms with van der Waals surface area (Å²) in [6, 6.07) is 6.94. The zero-order valence-electron chi connectivity index (χ0n) is 11.6. The molecular formula is C16H22FNO2. The molecule has 1 aromatic carbocycles. The van der Waals surface area contributed by atoms with Gasteiger partial charge in [-0.15, -0.1) is 0 Å². The average Bonchev–Trinajstić information content (AvgIpc) is 3.26. The van der Waals surface area contributed by atoms with Crippen molar-refractivity contribution in [2.24, 2.45) is 5.92 Å². The van der Waals surface area contributed by atoms with Crippen molar-refractivity contribution < 1.29 is 14.2 Å². The summed E-state index contributed by atoms with van der Waals surface area (Å²) in [5.74, 6) is 0.412. The summed E-state index contributed by atoms with van der Waals surface area (Å²) >= 11 is 0. The molecule has 0 spiro atoms. The Hall–Kier alpha value is -0.970. The van der Waals surface area contributed by atoms with Crippen LogP contribution in [0.5, 0.6) is 0 Å². The Bertz CT molecular complexity index is 438. The van der Waals surface area contributed by atoms with Crippen molar-refractivity contribution >= 4 is 0 Å². The van der Waals surface area contributed by atoms with E-state index in [1.807, 2.05) is 12.1 Å². The molecule has 0 bridgehead atoms. The smallest absolute Gasteiger partial charge is 0.123 e. The number of benzene rings is 1. The van der Waals surface area contributed by atoms with Gasteiger partial charge in [-0.3, -0.25) is 0 Å². The molecule has 110 valence electrons. The molecule has 1 unspecified atom stereocenters. The SMILES string of the molecule is OC1(CNC(c2ccc(F)cc2)C2CC2)CCOCC1. The van der Waals surface area contributed by atoms with Crippen molar-refractivity contribution in [2.45, 2.75) is 37.3 Å². The molecule has 1 aliphatic carbocycles. The molecule has 3 nitrogen and oxygen atoms in total. The molecule has 4 heteroatoms. The minimum atomic E-state index is -0.661. The number of ether oxygens (including phenoxy) is 1. The van der Waals surface area contributed by atoms with E-state index in [1.165, 1.54) is 25.0 Å². The van der Waals surface area contributed by atoms with Gasteiger partial charge in [0.2, 0.25) is 0 Å². The first kappa shape index (κ1) is 14.0. The summed E-state index contributed by atoms with van der Waals surface area (Å²) in [7, 11) is 0. The summed E-state index contributed by atoms with van der Waals surface area (Å²) in [5, 5.41) is 14.0. The van der Waals surface area contributed by atoms with E-state index in [4.69, 9.17) is 4.74 Å². The Kier molecular flexibility index (Phi) is 4.06. The molecule has 20 heavy (non-hydrogen) atoms. The van der Waals surface area contributed by atoms with Crippen LogP contribution in [-0.2, 0) is 4.74 Å². The van der Waals surface area contributed by atoms with E-state index in [0.29, 0.717) is 38.5 Å². The van der Waals surface area contributed by atoms with Gasteiger partial charge in [0.1, 0.15) is 5.82 Å². The quantitative estimate of drug-likeness (QED) is 0.869. The summed E-state index contributed by atoms with van der Waals surface area (Å²) in [6.07, 6.45) is 3.77. The number of halogens is 1. The lowest BCUT2D eigenvalue weighted by Gasteiger charge is -2.34. The van der Waals surface area contributed by atoms with Gasteiger partial charge in [-0.2, -0.15) is 0 Å². The third kappa shape index (κ3) is 3.37. The van der Waals surface area contributed by atoms with Gasteiger partial charge in [-0.1, -0.05) is 12.1 Å². The molecule has 0 radical (unpaired) electrons. The van der Waals surface area contributed by atoms with E-state index < -0.39 is 5.60 Å². The molecular weight excluding hydrogens is 257 g/mol. The Morgan fingerprint density at radius 1 is 1.25 bits per heavy atom. The fourth-order valence-corrected chi connectivity index (χ4v) is 2.88. The second-order valence-electron chi connectivity index (χ2n) is 6.08. The maximum absolute atomic E-state index is 13.0. The molecule has 1 atom stereocenters. The van der Waals surface area contributed by atoms with E-state index in [9.17, 15) is 9.50 Å². The first-order chi connectivity index (χ1) is 9.66. The summed E-state index contributed by atoms with van der Waals surface area (Å²) < 4.78 is 18.3. The first-order valence-electron chi connectivity index (χ1n) is 7.45. The number of aliphatic hydroxyl groups is 1. The Balaban J connectivity index is 1.64. The van der Waals surface area contributed by atoms with Gasteiger partial charge >= 0.3 is 0 Å². The molecule has 1 aliphatic heterocycles. The molecule has 2 N–H and O–H groups in total. The highest BCUT2D eigenvalue weighted by molar-refractivity contribution is 5.22. The average molecular weight is 279 g/mol. The molecule has 0 aromatic heterocycles. The Morgan fingerprint density at radius 2 is 1.90 bits per heavy atom. The van der Waals surface area contributed by atoms with Gasteiger partial charge in [-0.25, -0.2) is 4.39 Å². The van der Waals surface area contributed by atoms with E-state index in [-0.39, 0.29) is 11.9 Å². The lowest BCUT2D eigenvalue weighted by molar-refractivity contribution is -0.0631. The van der Waals surface area contributed by atoms with Crippen molar-refractivity contribution in [3.63, 3.8) is 0 Å². The third-order valence-electron chi connectivity index (χ3n) is 4.40. The minimum absolute atomic E-state index is 0.202. The maximum atomic E-state index is 13.0. The highest BCUT2D eigenvalue weighted by atomic mass is 19.1. The molecule has 3 rings (SSSR count). The second kappa shape index (κ2) is 5.80. The highest BCUT2D eigenvalue weighted by Crippen LogP contribution is 2.41. The monoisotopic (exact) mass is 279 g/mol. The van der Waals surface area contributed by atoms with Crippen LogP contribution in [-0.4, -0.2) is 30.5 Å². The molecule has 0 amide bonds. The highest BCUT2D eigenvalue weighted by Gasteiger charge is 2.35. The number of hydrogen-bond acceptors (Lipinski definition) is 3. The number of hydrogen-bond donors (Lipinski definition) is 2. The van der Waals surface area contributed by atoms with Gasteiger partial charge in [0.05, 0.1) is 5.60 Å². The lowest BCUT2D eigenvalue weighted by Crippen LogP contribution is -2.46. The van der Waals surface area contributed by atoms with Gasteiger partial charge in [-0.05, 0) is 36.5 Å². The van der Waals surface area contributed by atoms with E-state index in [1.54, 1.807) is 0 Å². The van der Waals surface area contributed by atoms with Crippen molar-refractivity contribution in [3.05, 3.63) is 35.6 Å². The van der Waals surface area contributed by atoms with Gasteiger partial charge in [0, 0.05) is 38.6 Å². The van der Waals surface area contributed by atoms with E-state index >= 15 is 0 Å². The predicted molar refractivity (Wildman–Crippen MR) is 74.9 cm³/mol. The lowest BCUT2D eigenvalue weighted by atomic mass is 9.93. The van der Waals surface area contributed by atoms with Crippen molar-refractivity contribution in [1.29, 1.82) is 0 Å². The van der Waals surface area contributed by atoms with Crippen LogP contribution in [0.25, 0.3) is 0 Å². The second-order valence-corrected chi connectivity index (χ2v) is 6.08. The van der Waals surface area contributed by atoms with Crippen LogP contribution in [0.3, 0.4) is 0 Å². The fraction of sp³-hybridized carbons (Fsp3) is 0.625. The van der Waals surface area contributed by atoms with Crippen LogP contribution < -0.4 is 5.32 Å². The Labute approximate surface area is 119 Å². The standard InChI is InChI=1S/C16H22FNO2/c17-14-5-3-13(4-6-14)15(12-1-2-12)18-11-16(19)7-9-20-10-8-16/h3-6,12,15,18-19H,1-2,7-11H2. The fourth-order valence-electron chi connectivity index (χ4n) is 2.88. The molecule has 2 aliphatic rings. The maximum Gasteiger partial charge on any atom is 0.123 e. The molecule has 1 heterocycles. The predicted octanol–water partition coefficient (Wildman–Crippen LogP) is 2.41. The zero-order valence-corrected chi connectivity index (χ0v) is 11.6. The molecule has 1 saturated heterocycles. The van der Waals surface area contributed by atoms with E-state index in [0.717, 1.165) is 5.56 Å². The molecule has 2 fully saturated rings. The van der Waals surface area contributed by atoms with Crippen molar-refractivity contribution in [3.8, 4) is 0 Å². The van der Waals surface area contributed by atoms with Crippen LogP contribution in [0, 0.1) is 11.7 Å². The number of rotatable bonds is 5.